The lowest BCUT2D eigenvalue weighted by Gasteiger charge is -2.19. The normalized spacial score (nSPS) is 11.5. The highest BCUT2D eigenvalue weighted by atomic mass is 32.2. The van der Waals surface area contributed by atoms with Crippen LogP contribution in [-0.4, -0.2) is 26.4 Å². The Labute approximate surface area is 193 Å². The highest BCUT2D eigenvalue weighted by molar-refractivity contribution is 7.98. The second-order valence-electron chi connectivity index (χ2n) is 8.55. The zero-order chi connectivity index (χ0) is 22.6. The minimum absolute atomic E-state index is 0.151. The highest BCUT2D eigenvalue weighted by Crippen LogP contribution is 2.31. The number of thioether (sulfide) groups is 1. The van der Waals surface area contributed by atoms with Crippen LogP contribution in [0.4, 0.5) is 0 Å². The fraction of sp³-hybridized carbons (Fsp3) is 0.269. The monoisotopic (exact) mass is 444 g/mol. The number of benzene rings is 2. The molecule has 0 atom stereocenters. The van der Waals surface area contributed by atoms with Crippen LogP contribution in [0.2, 0.25) is 0 Å². The van der Waals surface area contributed by atoms with Crippen molar-refractivity contribution in [2.24, 2.45) is 0 Å². The van der Waals surface area contributed by atoms with E-state index in [0.29, 0.717) is 6.61 Å². The molecule has 0 aliphatic carbocycles. The number of ether oxygens (including phenoxy) is 1. The molecule has 0 N–H and O–H groups in total. The summed E-state index contributed by atoms with van der Waals surface area (Å²) in [7, 11) is 0. The number of hydrogen-bond donors (Lipinski definition) is 0. The first-order chi connectivity index (χ1) is 15.5. The Morgan fingerprint density at radius 2 is 1.69 bits per heavy atom. The summed E-state index contributed by atoms with van der Waals surface area (Å²) in [6.07, 6.45) is 3.58. The number of rotatable bonds is 7. The SMILES string of the molecule is CCOc1ccc(-n2c(SCc3ccc(C(C)(C)C)cc3)nnc2-c2cccnc2)cc1. The van der Waals surface area contributed by atoms with Crippen molar-refractivity contribution in [1.29, 1.82) is 0 Å². The fourth-order valence-corrected chi connectivity index (χ4v) is 4.29. The maximum atomic E-state index is 5.61. The second kappa shape index (κ2) is 9.57. The molecule has 0 bridgehead atoms. The topological polar surface area (TPSA) is 52.8 Å². The molecule has 0 spiro atoms. The van der Waals surface area contributed by atoms with Crippen molar-refractivity contribution in [2.45, 2.75) is 44.0 Å². The molecule has 0 fully saturated rings. The van der Waals surface area contributed by atoms with Crippen LogP contribution in [0.15, 0.2) is 78.2 Å². The fourth-order valence-electron chi connectivity index (χ4n) is 3.39. The largest absolute Gasteiger partial charge is 0.494 e. The van der Waals surface area contributed by atoms with E-state index in [-0.39, 0.29) is 5.41 Å². The van der Waals surface area contributed by atoms with Crippen LogP contribution in [0.3, 0.4) is 0 Å². The second-order valence-corrected chi connectivity index (χ2v) is 9.49. The molecule has 0 unspecified atom stereocenters. The maximum absolute atomic E-state index is 5.61. The molecule has 2 heterocycles. The summed E-state index contributed by atoms with van der Waals surface area (Å²) in [5.41, 5.74) is 4.66. The first kappa shape index (κ1) is 22.1. The smallest absolute Gasteiger partial charge is 0.196 e. The van der Waals surface area contributed by atoms with Crippen molar-refractivity contribution in [1.82, 2.24) is 19.7 Å². The van der Waals surface area contributed by atoms with Gasteiger partial charge in [0.2, 0.25) is 0 Å². The van der Waals surface area contributed by atoms with E-state index in [1.807, 2.05) is 49.5 Å². The van der Waals surface area contributed by atoms with Gasteiger partial charge in [0.25, 0.3) is 0 Å². The van der Waals surface area contributed by atoms with Crippen LogP contribution >= 0.6 is 11.8 Å². The van der Waals surface area contributed by atoms with E-state index in [2.05, 4.69) is 64.8 Å². The molecule has 32 heavy (non-hydrogen) atoms. The van der Waals surface area contributed by atoms with Gasteiger partial charge in [0.15, 0.2) is 11.0 Å². The van der Waals surface area contributed by atoms with Gasteiger partial charge in [-0.25, -0.2) is 0 Å². The van der Waals surface area contributed by atoms with E-state index >= 15 is 0 Å². The third-order valence-corrected chi connectivity index (χ3v) is 6.15. The first-order valence-electron chi connectivity index (χ1n) is 10.8. The average Bonchev–Trinajstić information content (AvgIpc) is 3.23. The first-order valence-corrected chi connectivity index (χ1v) is 11.8. The minimum atomic E-state index is 0.151. The lowest BCUT2D eigenvalue weighted by molar-refractivity contribution is 0.340. The van der Waals surface area contributed by atoms with Crippen LogP contribution in [0, 0.1) is 0 Å². The Bertz CT molecular complexity index is 1150. The van der Waals surface area contributed by atoms with Crippen molar-refractivity contribution in [2.75, 3.05) is 6.61 Å². The van der Waals surface area contributed by atoms with Crippen LogP contribution in [0.25, 0.3) is 17.1 Å². The summed E-state index contributed by atoms with van der Waals surface area (Å²) in [5, 5.41) is 9.86. The summed E-state index contributed by atoms with van der Waals surface area (Å²) in [4.78, 5) is 4.26. The minimum Gasteiger partial charge on any atom is -0.494 e. The van der Waals surface area contributed by atoms with Crippen molar-refractivity contribution < 1.29 is 4.74 Å². The summed E-state index contributed by atoms with van der Waals surface area (Å²) in [5.74, 6) is 2.43. The molecule has 4 rings (SSSR count). The van der Waals surface area contributed by atoms with Gasteiger partial charge in [0, 0.05) is 29.4 Å². The number of hydrogen-bond acceptors (Lipinski definition) is 5. The summed E-state index contributed by atoms with van der Waals surface area (Å²) >= 11 is 1.68. The molecule has 0 amide bonds. The zero-order valence-corrected chi connectivity index (χ0v) is 19.8. The van der Waals surface area contributed by atoms with E-state index in [9.17, 15) is 0 Å². The summed E-state index contributed by atoms with van der Waals surface area (Å²) in [6, 6.07) is 20.8. The molecule has 2 aromatic heterocycles. The predicted molar refractivity (Wildman–Crippen MR) is 130 cm³/mol. The van der Waals surface area contributed by atoms with E-state index < -0.39 is 0 Å². The van der Waals surface area contributed by atoms with Gasteiger partial charge in [-0.15, -0.1) is 10.2 Å². The van der Waals surface area contributed by atoms with Gasteiger partial charge < -0.3 is 4.74 Å². The van der Waals surface area contributed by atoms with Gasteiger partial charge in [-0.2, -0.15) is 0 Å². The highest BCUT2D eigenvalue weighted by Gasteiger charge is 2.17. The lowest BCUT2D eigenvalue weighted by Crippen LogP contribution is -2.10. The Morgan fingerprint density at radius 1 is 0.938 bits per heavy atom. The molecule has 0 saturated heterocycles. The average molecular weight is 445 g/mol. The van der Waals surface area contributed by atoms with Gasteiger partial charge in [-0.3, -0.25) is 9.55 Å². The van der Waals surface area contributed by atoms with E-state index in [0.717, 1.165) is 33.7 Å². The van der Waals surface area contributed by atoms with Gasteiger partial charge in [0.1, 0.15) is 5.75 Å². The summed E-state index contributed by atoms with van der Waals surface area (Å²) in [6.45, 7) is 9.32. The Balaban J connectivity index is 1.64. The third-order valence-electron chi connectivity index (χ3n) is 5.15. The number of aromatic nitrogens is 4. The molecule has 0 radical (unpaired) electrons. The zero-order valence-electron chi connectivity index (χ0n) is 18.9. The molecule has 4 aromatic rings. The lowest BCUT2D eigenvalue weighted by atomic mass is 9.87. The molecule has 0 aliphatic rings. The predicted octanol–water partition coefficient (Wildman–Crippen LogP) is 6.32. The van der Waals surface area contributed by atoms with Crippen molar-refractivity contribution >= 4 is 11.8 Å². The number of pyridine rings is 1. The molecule has 0 saturated carbocycles. The van der Waals surface area contributed by atoms with Crippen molar-refractivity contribution in [3.8, 4) is 22.8 Å². The van der Waals surface area contributed by atoms with Gasteiger partial charge in [-0.1, -0.05) is 56.8 Å². The Kier molecular flexibility index (Phi) is 6.61. The van der Waals surface area contributed by atoms with E-state index in [4.69, 9.17) is 4.74 Å². The van der Waals surface area contributed by atoms with E-state index in [1.165, 1.54) is 11.1 Å². The molecule has 2 aromatic carbocycles. The number of nitrogens with zero attached hydrogens (tertiary/aromatic N) is 4. The van der Waals surface area contributed by atoms with Crippen LogP contribution < -0.4 is 4.74 Å². The maximum Gasteiger partial charge on any atom is 0.196 e. The molecule has 5 nitrogen and oxygen atoms in total. The standard InChI is InChI=1S/C26H28N4OS/c1-5-31-23-14-12-22(13-15-23)30-24(20-7-6-16-27-17-20)28-29-25(30)32-18-19-8-10-21(11-9-19)26(2,3)4/h6-17H,5,18H2,1-4H3. The summed E-state index contributed by atoms with van der Waals surface area (Å²) < 4.78 is 7.69. The van der Waals surface area contributed by atoms with Crippen molar-refractivity contribution in [3.05, 3.63) is 84.2 Å². The Morgan fingerprint density at radius 3 is 2.31 bits per heavy atom. The molecule has 164 valence electrons. The van der Waals surface area contributed by atoms with Gasteiger partial charge >= 0.3 is 0 Å². The van der Waals surface area contributed by atoms with Gasteiger partial charge in [-0.05, 0) is 59.9 Å². The molecular weight excluding hydrogens is 416 g/mol. The third kappa shape index (κ3) is 5.02. The molecule has 6 heteroatoms. The van der Waals surface area contributed by atoms with Gasteiger partial charge in [0.05, 0.1) is 6.61 Å². The Hall–Kier alpha value is -3.12. The molecular formula is C26H28N4OS. The van der Waals surface area contributed by atoms with Crippen LogP contribution in [0.1, 0.15) is 38.8 Å². The van der Waals surface area contributed by atoms with Crippen molar-refractivity contribution in [3.63, 3.8) is 0 Å². The van der Waals surface area contributed by atoms with E-state index in [1.54, 1.807) is 18.0 Å². The quantitative estimate of drug-likeness (QED) is 0.312. The van der Waals surface area contributed by atoms with Crippen LogP contribution in [-0.2, 0) is 11.2 Å². The van der Waals surface area contributed by atoms with Crippen LogP contribution in [0.5, 0.6) is 5.75 Å². The molecule has 0 aliphatic heterocycles.